The van der Waals surface area contributed by atoms with Crippen molar-refractivity contribution in [1.82, 2.24) is 5.32 Å². The Morgan fingerprint density at radius 2 is 2.06 bits per heavy atom. The van der Waals surface area contributed by atoms with E-state index in [1.165, 1.54) is 0 Å². The van der Waals surface area contributed by atoms with E-state index in [1.54, 1.807) is 7.11 Å². The summed E-state index contributed by atoms with van der Waals surface area (Å²) in [6.07, 6.45) is 3.32. The monoisotopic (exact) mass is 246 g/mol. The molecule has 5 nitrogen and oxygen atoms in total. The summed E-state index contributed by atoms with van der Waals surface area (Å²) in [7, 11) is 1.64. The first kappa shape index (κ1) is 16.4. The fourth-order valence-corrected chi connectivity index (χ4v) is 1.34. The number of rotatable bonds is 11. The normalized spacial score (nSPS) is 12.4. The highest BCUT2D eigenvalue weighted by Gasteiger charge is 2.11. The van der Waals surface area contributed by atoms with E-state index in [4.69, 9.17) is 15.2 Å². The smallest absolute Gasteiger partial charge is 0.236 e. The van der Waals surface area contributed by atoms with Crippen LogP contribution in [0.1, 0.15) is 32.6 Å². The third-order valence-corrected chi connectivity index (χ3v) is 2.31. The Balaban J connectivity index is 3.37. The van der Waals surface area contributed by atoms with Crippen LogP contribution in [0, 0.1) is 0 Å². The largest absolute Gasteiger partial charge is 0.385 e. The van der Waals surface area contributed by atoms with Gasteiger partial charge in [0.1, 0.15) is 0 Å². The predicted molar refractivity (Wildman–Crippen MR) is 67.8 cm³/mol. The van der Waals surface area contributed by atoms with Gasteiger partial charge in [0, 0.05) is 33.5 Å². The Hall–Kier alpha value is -0.650. The maximum absolute atomic E-state index is 11.5. The molecule has 0 saturated carbocycles. The average molecular weight is 246 g/mol. The minimum atomic E-state index is -0.429. The highest BCUT2D eigenvalue weighted by molar-refractivity contribution is 5.81. The van der Waals surface area contributed by atoms with Crippen LogP contribution >= 0.6 is 0 Å². The zero-order valence-electron chi connectivity index (χ0n) is 11.0. The Morgan fingerprint density at radius 3 is 2.71 bits per heavy atom. The molecule has 0 aliphatic rings. The minimum Gasteiger partial charge on any atom is -0.385 e. The molecular formula is C12H26N2O3. The molecule has 0 aliphatic heterocycles. The summed E-state index contributed by atoms with van der Waals surface area (Å²) in [6.45, 7) is 4.81. The van der Waals surface area contributed by atoms with Crippen LogP contribution in [0.3, 0.4) is 0 Å². The lowest BCUT2D eigenvalue weighted by Gasteiger charge is -2.11. The molecule has 0 aromatic heterocycles. The molecule has 17 heavy (non-hydrogen) atoms. The summed E-state index contributed by atoms with van der Waals surface area (Å²) >= 11 is 0. The molecule has 0 heterocycles. The highest BCUT2D eigenvalue weighted by Crippen LogP contribution is 1.95. The molecule has 0 fully saturated rings. The van der Waals surface area contributed by atoms with Gasteiger partial charge in [0.05, 0.1) is 6.04 Å². The molecule has 0 aliphatic carbocycles. The standard InChI is InChI=1S/C12H26N2O3/c1-3-8-17-10-5-7-14-12(15)11(13)6-4-9-16-2/h11H,3-10,13H2,1-2H3,(H,14,15). The van der Waals surface area contributed by atoms with E-state index in [1.807, 2.05) is 0 Å². The Bertz CT molecular complexity index is 189. The number of carbonyl (C=O) groups excluding carboxylic acids is 1. The van der Waals surface area contributed by atoms with Crippen molar-refractivity contribution in [2.24, 2.45) is 5.73 Å². The van der Waals surface area contributed by atoms with E-state index in [0.717, 1.165) is 25.9 Å². The zero-order valence-corrected chi connectivity index (χ0v) is 11.0. The molecule has 3 N–H and O–H groups in total. The van der Waals surface area contributed by atoms with Crippen molar-refractivity contribution in [1.29, 1.82) is 0 Å². The number of hydrogen-bond donors (Lipinski definition) is 2. The van der Waals surface area contributed by atoms with Crippen molar-refractivity contribution < 1.29 is 14.3 Å². The maximum Gasteiger partial charge on any atom is 0.236 e. The van der Waals surface area contributed by atoms with Crippen molar-refractivity contribution in [2.45, 2.75) is 38.6 Å². The van der Waals surface area contributed by atoms with Crippen molar-refractivity contribution in [3.05, 3.63) is 0 Å². The average Bonchev–Trinajstić information content (AvgIpc) is 2.33. The van der Waals surface area contributed by atoms with Crippen LogP contribution in [0.2, 0.25) is 0 Å². The first-order chi connectivity index (χ1) is 8.22. The first-order valence-corrected chi connectivity index (χ1v) is 6.32. The van der Waals surface area contributed by atoms with Gasteiger partial charge in [-0.05, 0) is 25.7 Å². The SMILES string of the molecule is CCCOCCCNC(=O)C(N)CCCOC. The third-order valence-electron chi connectivity index (χ3n) is 2.31. The summed E-state index contributed by atoms with van der Waals surface area (Å²) < 4.78 is 10.2. The lowest BCUT2D eigenvalue weighted by atomic mass is 10.1. The molecule has 1 unspecified atom stereocenters. The number of nitrogens with one attached hydrogen (secondary N) is 1. The number of carbonyl (C=O) groups is 1. The summed E-state index contributed by atoms with van der Waals surface area (Å²) in [5.41, 5.74) is 5.72. The van der Waals surface area contributed by atoms with Gasteiger partial charge in [-0.3, -0.25) is 4.79 Å². The van der Waals surface area contributed by atoms with Crippen molar-refractivity contribution >= 4 is 5.91 Å². The van der Waals surface area contributed by atoms with Gasteiger partial charge in [0.2, 0.25) is 5.91 Å². The lowest BCUT2D eigenvalue weighted by Crippen LogP contribution is -2.41. The van der Waals surface area contributed by atoms with Gasteiger partial charge in [-0.25, -0.2) is 0 Å². The molecule has 0 saturated heterocycles. The van der Waals surface area contributed by atoms with E-state index >= 15 is 0 Å². The van der Waals surface area contributed by atoms with Gasteiger partial charge < -0.3 is 20.5 Å². The summed E-state index contributed by atoms with van der Waals surface area (Å²) in [5, 5.41) is 2.80. The van der Waals surface area contributed by atoms with Crippen LogP contribution in [0.15, 0.2) is 0 Å². The molecule has 1 amide bonds. The van der Waals surface area contributed by atoms with Gasteiger partial charge in [-0.1, -0.05) is 6.92 Å². The van der Waals surface area contributed by atoms with Crippen molar-refractivity contribution in [3.8, 4) is 0 Å². The van der Waals surface area contributed by atoms with Crippen molar-refractivity contribution in [3.63, 3.8) is 0 Å². The summed E-state index contributed by atoms with van der Waals surface area (Å²) in [5.74, 6) is -0.0865. The number of nitrogens with two attached hydrogens (primary N) is 1. The molecule has 0 bridgehead atoms. The quantitative estimate of drug-likeness (QED) is 0.526. The third kappa shape index (κ3) is 10.2. The molecule has 102 valence electrons. The summed E-state index contributed by atoms with van der Waals surface area (Å²) in [6, 6.07) is -0.429. The maximum atomic E-state index is 11.5. The minimum absolute atomic E-state index is 0.0865. The van der Waals surface area contributed by atoms with Crippen LogP contribution in [0.4, 0.5) is 0 Å². The molecule has 5 heteroatoms. The number of ether oxygens (including phenoxy) is 2. The molecular weight excluding hydrogens is 220 g/mol. The predicted octanol–water partition coefficient (Wildman–Crippen LogP) is 0.673. The second-order valence-corrected chi connectivity index (χ2v) is 4.00. The van der Waals surface area contributed by atoms with Gasteiger partial charge in [0.15, 0.2) is 0 Å². The topological polar surface area (TPSA) is 73.6 Å². The number of methoxy groups -OCH3 is 1. The van der Waals surface area contributed by atoms with E-state index in [-0.39, 0.29) is 5.91 Å². The fraction of sp³-hybridized carbons (Fsp3) is 0.917. The lowest BCUT2D eigenvalue weighted by molar-refractivity contribution is -0.122. The molecule has 0 radical (unpaired) electrons. The van der Waals surface area contributed by atoms with Crippen LogP contribution in [-0.2, 0) is 14.3 Å². The Labute approximate surface area is 104 Å². The van der Waals surface area contributed by atoms with Gasteiger partial charge in [0.25, 0.3) is 0 Å². The van der Waals surface area contributed by atoms with Gasteiger partial charge in [-0.2, -0.15) is 0 Å². The molecule has 0 aromatic carbocycles. The van der Waals surface area contributed by atoms with Crippen LogP contribution < -0.4 is 11.1 Å². The van der Waals surface area contributed by atoms with E-state index < -0.39 is 6.04 Å². The first-order valence-electron chi connectivity index (χ1n) is 6.32. The number of amides is 1. The molecule has 1 atom stereocenters. The van der Waals surface area contributed by atoms with E-state index in [2.05, 4.69) is 12.2 Å². The second kappa shape index (κ2) is 11.8. The van der Waals surface area contributed by atoms with Crippen LogP contribution in [0.25, 0.3) is 0 Å². The second-order valence-electron chi connectivity index (χ2n) is 4.00. The Morgan fingerprint density at radius 1 is 1.29 bits per heavy atom. The highest BCUT2D eigenvalue weighted by atomic mass is 16.5. The van der Waals surface area contributed by atoms with Crippen molar-refractivity contribution in [2.75, 3.05) is 33.5 Å². The van der Waals surface area contributed by atoms with Crippen LogP contribution in [0.5, 0.6) is 0 Å². The number of hydrogen-bond acceptors (Lipinski definition) is 4. The molecule has 0 rings (SSSR count). The van der Waals surface area contributed by atoms with E-state index in [0.29, 0.717) is 26.2 Å². The van der Waals surface area contributed by atoms with E-state index in [9.17, 15) is 4.79 Å². The Kier molecular flexibility index (Phi) is 11.4. The van der Waals surface area contributed by atoms with Crippen LogP contribution in [-0.4, -0.2) is 45.4 Å². The molecule has 0 aromatic rings. The van der Waals surface area contributed by atoms with Gasteiger partial charge in [-0.15, -0.1) is 0 Å². The summed E-state index contributed by atoms with van der Waals surface area (Å²) in [4.78, 5) is 11.5. The zero-order chi connectivity index (χ0) is 12.9. The van der Waals surface area contributed by atoms with Gasteiger partial charge >= 0.3 is 0 Å². The fourth-order valence-electron chi connectivity index (χ4n) is 1.34. The molecule has 0 spiro atoms.